The standard InChI is InChI=1S/C20H14N6O/c1-21-18-12-25(16-8-4-6-14-10-23-24-19(14)16)20(27)26(18)17-11-22-9-13-5-2-3-7-15(13)17/h2-11,18H,12H2,(H,23,24)/t18-/m1/s1. The van der Waals surface area contributed by atoms with Crippen molar-refractivity contribution in [2.24, 2.45) is 0 Å². The van der Waals surface area contributed by atoms with Crippen LogP contribution in [0.4, 0.5) is 16.2 Å². The number of aromatic amines is 1. The third-order valence-corrected chi connectivity index (χ3v) is 4.88. The van der Waals surface area contributed by atoms with Crippen LogP contribution >= 0.6 is 0 Å². The van der Waals surface area contributed by atoms with Crippen LogP contribution in [0.2, 0.25) is 0 Å². The van der Waals surface area contributed by atoms with E-state index in [1.54, 1.807) is 23.5 Å². The number of anilines is 2. The Hall–Kier alpha value is -3.92. The van der Waals surface area contributed by atoms with E-state index >= 15 is 0 Å². The van der Waals surface area contributed by atoms with Crippen LogP contribution in [0.15, 0.2) is 61.1 Å². The molecule has 1 fully saturated rings. The lowest BCUT2D eigenvalue weighted by Crippen LogP contribution is -2.34. The van der Waals surface area contributed by atoms with Gasteiger partial charge in [-0.05, 0) is 6.07 Å². The summed E-state index contributed by atoms with van der Waals surface area (Å²) in [5.41, 5.74) is 2.16. The van der Waals surface area contributed by atoms with Crippen LogP contribution < -0.4 is 9.80 Å². The van der Waals surface area contributed by atoms with Crippen LogP contribution in [-0.4, -0.2) is 33.9 Å². The summed E-state index contributed by atoms with van der Waals surface area (Å²) >= 11 is 0. The van der Waals surface area contributed by atoms with Gasteiger partial charge in [-0.25, -0.2) is 16.3 Å². The molecule has 130 valence electrons. The van der Waals surface area contributed by atoms with E-state index in [0.717, 1.165) is 27.4 Å². The Morgan fingerprint density at radius 3 is 2.78 bits per heavy atom. The van der Waals surface area contributed by atoms with Crippen molar-refractivity contribution in [3.05, 3.63) is 72.5 Å². The molecule has 3 heterocycles. The van der Waals surface area contributed by atoms with Crippen molar-refractivity contribution in [1.82, 2.24) is 15.2 Å². The SMILES string of the molecule is [C-]#[N+][C@H]1CN(c2cccc3cn[nH]c23)C(=O)N1c1cncc2ccccc12. The topological polar surface area (TPSA) is 69.5 Å². The molecule has 5 rings (SSSR count). The quantitative estimate of drug-likeness (QED) is 0.557. The smallest absolute Gasteiger partial charge is 0.287 e. The van der Waals surface area contributed by atoms with E-state index in [1.165, 1.54) is 4.90 Å². The number of pyridine rings is 1. The van der Waals surface area contributed by atoms with Gasteiger partial charge in [-0.15, -0.1) is 0 Å². The number of carbonyl (C=O) groups is 1. The highest BCUT2D eigenvalue weighted by Crippen LogP contribution is 2.35. The molecule has 27 heavy (non-hydrogen) atoms. The fourth-order valence-electron chi connectivity index (χ4n) is 3.61. The van der Waals surface area contributed by atoms with E-state index in [1.807, 2.05) is 42.5 Å². The number of para-hydroxylation sites is 1. The number of hydrogen-bond donors (Lipinski definition) is 1. The molecule has 0 bridgehead atoms. The van der Waals surface area contributed by atoms with E-state index in [-0.39, 0.29) is 12.6 Å². The maximum Gasteiger partial charge on any atom is 0.335 e. The first-order valence-electron chi connectivity index (χ1n) is 8.50. The summed E-state index contributed by atoms with van der Waals surface area (Å²) in [5.74, 6) is 0. The summed E-state index contributed by atoms with van der Waals surface area (Å²) in [6, 6.07) is 13.2. The van der Waals surface area contributed by atoms with Crippen molar-refractivity contribution in [3.63, 3.8) is 0 Å². The van der Waals surface area contributed by atoms with Gasteiger partial charge in [0.25, 0.3) is 0 Å². The summed E-state index contributed by atoms with van der Waals surface area (Å²) in [4.78, 5) is 24.5. The molecule has 0 radical (unpaired) electrons. The number of benzene rings is 2. The van der Waals surface area contributed by atoms with Crippen molar-refractivity contribution >= 4 is 39.1 Å². The highest BCUT2D eigenvalue weighted by molar-refractivity contribution is 6.13. The van der Waals surface area contributed by atoms with Crippen LogP contribution in [0, 0.1) is 6.57 Å². The first-order chi connectivity index (χ1) is 13.3. The molecule has 1 aliphatic rings. The molecule has 0 spiro atoms. The number of aromatic nitrogens is 3. The van der Waals surface area contributed by atoms with E-state index in [0.29, 0.717) is 5.69 Å². The van der Waals surface area contributed by atoms with Crippen molar-refractivity contribution in [1.29, 1.82) is 0 Å². The Morgan fingerprint density at radius 1 is 1.04 bits per heavy atom. The van der Waals surface area contributed by atoms with Gasteiger partial charge in [0.15, 0.2) is 0 Å². The molecule has 2 amide bonds. The summed E-state index contributed by atoms with van der Waals surface area (Å²) < 4.78 is 0. The number of fused-ring (bicyclic) bond motifs is 2. The number of amides is 2. The minimum atomic E-state index is -0.622. The minimum absolute atomic E-state index is 0.240. The molecule has 1 aliphatic heterocycles. The Balaban J connectivity index is 1.65. The fraction of sp³-hybridized carbons (Fsp3) is 0.100. The molecular weight excluding hydrogens is 340 g/mol. The third kappa shape index (κ3) is 2.24. The summed E-state index contributed by atoms with van der Waals surface area (Å²) in [7, 11) is 0. The van der Waals surface area contributed by atoms with Crippen molar-refractivity contribution in [3.8, 4) is 0 Å². The zero-order valence-corrected chi connectivity index (χ0v) is 14.2. The van der Waals surface area contributed by atoms with Crippen molar-refractivity contribution < 1.29 is 4.79 Å². The molecule has 4 aromatic rings. The van der Waals surface area contributed by atoms with Crippen molar-refractivity contribution in [2.45, 2.75) is 6.17 Å². The van der Waals surface area contributed by atoms with Crippen LogP contribution in [0.25, 0.3) is 26.5 Å². The molecule has 2 aromatic carbocycles. The predicted octanol–water partition coefficient (Wildman–Crippen LogP) is 3.80. The lowest BCUT2D eigenvalue weighted by Gasteiger charge is -2.19. The summed E-state index contributed by atoms with van der Waals surface area (Å²) in [5, 5.41) is 9.77. The Labute approximate surface area is 154 Å². The van der Waals surface area contributed by atoms with Gasteiger partial charge in [0, 0.05) is 22.4 Å². The third-order valence-electron chi connectivity index (χ3n) is 4.88. The molecule has 0 saturated carbocycles. The van der Waals surface area contributed by atoms with Gasteiger partial charge >= 0.3 is 12.2 Å². The second-order valence-corrected chi connectivity index (χ2v) is 6.36. The first-order valence-corrected chi connectivity index (χ1v) is 8.50. The summed E-state index contributed by atoms with van der Waals surface area (Å²) in [6.45, 7) is 7.91. The molecule has 0 unspecified atom stereocenters. The number of H-pyrrole nitrogens is 1. The van der Waals surface area contributed by atoms with E-state index in [4.69, 9.17) is 6.57 Å². The van der Waals surface area contributed by atoms with E-state index in [9.17, 15) is 4.79 Å². The van der Waals surface area contributed by atoms with Crippen molar-refractivity contribution in [2.75, 3.05) is 16.3 Å². The highest BCUT2D eigenvalue weighted by Gasteiger charge is 2.44. The second kappa shape index (κ2) is 5.81. The normalized spacial score (nSPS) is 17.0. The molecule has 0 aliphatic carbocycles. The Morgan fingerprint density at radius 2 is 1.89 bits per heavy atom. The lowest BCUT2D eigenvalue weighted by molar-refractivity contribution is 0.255. The second-order valence-electron chi connectivity index (χ2n) is 6.36. The molecule has 1 N–H and O–H groups in total. The Bertz CT molecular complexity index is 1220. The molecule has 7 nitrogen and oxygen atoms in total. The highest BCUT2D eigenvalue weighted by atomic mass is 16.2. The number of carbonyl (C=O) groups excluding carboxylic acids is 1. The number of urea groups is 1. The molecule has 1 saturated heterocycles. The minimum Gasteiger partial charge on any atom is -0.287 e. The van der Waals surface area contributed by atoms with Crippen LogP contribution in [0.5, 0.6) is 0 Å². The average Bonchev–Trinajstić information content (AvgIpc) is 3.31. The zero-order valence-electron chi connectivity index (χ0n) is 14.2. The van der Waals surface area contributed by atoms with Crippen LogP contribution in [0.3, 0.4) is 0 Å². The van der Waals surface area contributed by atoms with E-state index in [2.05, 4.69) is 20.0 Å². The number of nitrogens with zero attached hydrogens (tertiary/aromatic N) is 5. The first kappa shape index (κ1) is 15.3. The Kier molecular flexibility index (Phi) is 3.30. The lowest BCUT2D eigenvalue weighted by atomic mass is 10.1. The van der Waals surface area contributed by atoms with E-state index < -0.39 is 6.17 Å². The fourth-order valence-corrected chi connectivity index (χ4v) is 3.61. The largest absolute Gasteiger partial charge is 0.335 e. The van der Waals surface area contributed by atoms with Gasteiger partial charge in [0.1, 0.15) is 6.54 Å². The zero-order chi connectivity index (χ0) is 18.4. The maximum absolute atomic E-state index is 13.3. The van der Waals surface area contributed by atoms with Crippen LogP contribution in [-0.2, 0) is 0 Å². The van der Waals surface area contributed by atoms with Gasteiger partial charge in [0.2, 0.25) is 0 Å². The van der Waals surface area contributed by atoms with Crippen LogP contribution in [0.1, 0.15) is 0 Å². The number of rotatable bonds is 2. The monoisotopic (exact) mass is 354 g/mol. The molecule has 1 atom stereocenters. The van der Waals surface area contributed by atoms with Gasteiger partial charge in [-0.2, -0.15) is 5.10 Å². The molecule has 2 aromatic heterocycles. The maximum atomic E-state index is 13.3. The predicted molar refractivity (Wildman–Crippen MR) is 103 cm³/mol. The molecule has 7 heteroatoms. The summed E-state index contributed by atoms with van der Waals surface area (Å²) in [6.07, 6.45) is 4.51. The van der Waals surface area contributed by atoms with Gasteiger partial charge in [-0.3, -0.25) is 19.8 Å². The molecular formula is C20H14N6O. The van der Waals surface area contributed by atoms with Gasteiger partial charge in [0.05, 0.1) is 29.3 Å². The number of nitrogens with one attached hydrogen (secondary N) is 1. The average molecular weight is 354 g/mol. The van der Waals surface area contributed by atoms with Gasteiger partial charge < -0.3 is 0 Å². The van der Waals surface area contributed by atoms with Gasteiger partial charge in [-0.1, -0.05) is 36.4 Å². The number of hydrogen-bond acceptors (Lipinski definition) is 3.